The molecule has 4 heteroatoms. The molecule has 0 aromatic carbocycles. The number of halogens is 2. The zero-order valence-electron chi connectivity index (χ0n) is 10.5. The second-order valence-corrected chi connectivity index (χ2v) is 3.68. The molecule has 2 nitrogen and oxygen atoms in total. The minimum Gasteiger partial charge on any atom is -0.261 e. The summed E-state index contributed by atoms with van der Waals surface area (Å²) in [6, 6.07) is 4.28. The van der Waals surface area contributed by atoms with Gasteiger partial charge in [-0.1, -0.05) is 13.8 Å². The summed E-state index contributed by atoms with van der Waals surface area (Å²) < 4.78 is 24.6. The molecule has 0 spiro atoms. The number of hydrogen-bond acceptors (Lipinski definition) is 2. The SMILES string of the molecule is CCc1cc(F)ccn1.CCc1cncc(F)c1. The Labute approximate surface area is 106 Å². The summed E-state index contributed by atoms with van der Waals surface area (Å²) in [5.41, 5.74) is 1.74. The molecule has 0 amide bonds. The zero-order chi connectivity index (χ0) is 13.4. The number of nitrogens with zero attached hydrogens (tertiary/aromatic N) is 2. The number of aryl methyl sites for hydroxylation is 2. The maximum atomic E-state index is 12.3. The van der Waals surface area contributed by atoms with Crippen LogP contribution in [0, 0.1) is 11.6 Å². The highest BCUT2D eigenvalue weighted by molar-refractivity contribution is 5.09. The van der Waals surface area contributed by atoms with E-state index in [0.717, 1.165) is 24.1 Å². The van der Waals surface area contributed by atoms with E-state index in [9.17, 15) is 8.78 Å². The van der Waals surface area contributed by atoms with Crippen LogP contribution in [0.1, 0.15) is 25.1 Å². The molecule has 2 aromatic heterocycles. The molecule has 0 atom stereocenters. The fourth-order valence-electron chi connectivity index (χ4n) is 1.29. The first-order valence-corrected chi connectivity index (χ1v) is 5.85. The molecule has 0 aliphatic heterocycles. The average Bonchev–Trinajstić information content (AvgIpc) is 2.39. The average molecular weight is 250 g/mol. The normalized spacial score (nSPS) is 9.56. The van der Waals surface area contributed by atoms with Crippen molar-refractivity contribution in [1.29, 1.82) is 0 Å². The molecule has 2 rings (SSSR count). The lowest BCUT2D eigenvalue weighted by atomic mass is 10.2. The molecule has 0 radical (unpaired) electrons. The molecule has 0 fully saturated rings. The van der Waals surface area contributed by atoms with Crippen molar-refractivity contribution in [2.45, 2.75) is 26.7 Å². The third-order valence-corrected chi connectivity index (χ3v) is 2.31. The van der Waals surface area contributed by atoms with Crippen LogP contribution in [-0.2, 0) is 12.8 Å². The van der Waals surface area contributed by atoms with Crippen LogP contribution in [0.4, 0.5) is 8.78 Å². The first-order chi connectivity index (χ1) is 8.65. The number of rotatable bonds is 2. The second-order valence-electron chi connectivity index (χ2n) is 3.68. The van der Waals surface area contributed by atoms with Gasteiger partial charge >= 0.3 is 0 Å². The van der Waals surface area contributed by atoms with Gasteiger partial charge < -0.3 is 0 Å². The highest BCUT2D eigenvalue weighted by Gasteiger charge is 1.91. The van der Waals surface area contributed by atoms with Crippen LogP contribution < -0.4 is 0 Å². The van der Waals surface area contributed by atoms with Gasteiger partial charge in [0.15, 0.2) is 0 Å². The summed E-state index contributed by atoms with van der Waals surface area (Å²) in [5.74, 6) is -0.462. The van der Waals surface area contributed by atoms with Crippen LogP contribution in [0.15, 0.2) is 36.8 Å². The van der Waals surface area contributed by atoms with Crippen LogP contribution >= 0.6 is 0 Å². The second kappa shape index (κ2) is 7.48. The van der Waals surface area contributed by atoms with Gasteiger partial charge in [0.25, 0.3) is 0 Å². The molecule has 2 heterocycles. The molecule has 0 saturated carbocycles. The largest absolute Gasteiger partial charge is 0.261 e. The standard InChI is InChI=1S/2C7H8FN/c1-2-6-3-7(8)5-9-4-6;1-2-7-5-6(8)3-4-9-7/h2*3-5H,2H2,1H3. The number of pyridine rings is 2. The van der Waals surface area contributed by atoms with E-state index >= 15 is 0 Å². The lowest BCUT2D eigenvalue weighted by Gasteiger charge is -1.91. The fraction of sp³-hybridized carbons (Fsp3) is 0.286. The topological polar surface area (TPSA) is 25.8 Å². The highest BCUT2D eigenvalue weighted by Crippen LogP contribution is 2.00. The van der Waals surface area contributed by atoms with Gasteiger partial charge in [0.2, 0.25) is 0 Å². The van der Waals surface area contributed by atoms with Crippen molar-refractivity contribution in [3.8, 4) is 0 Å². The third-order valence-electron chi connectivity index (χ3n) is 2.31. The Morgan fingerprint density at radius 1 is 1.00 bits per heavy atom. The minimum absolute atomic E-state index is 0.207. The Bertz CT molecular complexity index is 441. The summed E-state index contributed by atoms with van der Waals surface area (Å²) in [7, 11) is 0. The van der Waals surface area contributed by atoms with E-state index in [4.69, 9.17) is 0 Å². The van der Waals surface area contributed by atoms with Gasteiger partial charge in [0.1, 0.15) is 11.6 Å². The van der Waals surface area contributed by atoms with E-state index in [1.807, 2.05) is 13.8 Å². The van der Waals surface area contributed by atoms with Gasteiger partial charge in [-0.3, -0.25) is 9.97 Å². The minimum atomic E-state index is -0.255. The van der Waals surface area contributed by atoms with E-state index in [1.165, 1.54) is 30.6 Å². The highest BCUT2D eigenvalue weighted by atomic mass is 19.1. The third kappa shape index (κ3) is 4.99. The van der Waals surface area contributed by atoms with Gasteiger partial charge in [0, 0.05) is 18.1 Å². The summed E-state index contributed by atoms with van der Waals surface area (Å²) in [4.78, 5) is 7.60. The van der Waals surface area contributed by atoms with Crippen molar-refractivity contribution >= 4 is 0 Å². The molecule has 0 aliphatic carbocycles. The summed E-state index contributed by atoms with van der Waals surface area (Å²) in [6.07, 6.45) is 5.99. The molecule has 0 saturated heterocycles. The van der Waals surface area contributed by atoms with Crippen LogP contribution in [0.25, 0.3) is 0 Å². The summed E-state index contributed by atoms with van der Waals surface area (Å²) >= 11 is 0. The Morgan fingerprint density at radius 3 is 2.22 bits per heavy atom. The van der Waals surface area contributed by atoms with Crippen LogP contribution in [0.3, 0.4) is 0 Å². The smallest absolute Gasteiger partial charge is 0.141 e. The van der Waals surface area contributed by atoms with Crippen molar-refractivity contribution in [1.82, 2.24) is 9.97 Å². The van der Waals surface area contributed by atoms with Gasteiger partial charge in [0.05, 0.1) is 6.20 Å². The lowest BCUT2D eigenvalue weighted by molar-refractivity contribution is 0.618. The molecule has 18 heavy (non-hydrogen) atoms. The Morgan fingerprint density at radius 2 is 1.78 bits per heavy atom. The molecular weight excluding hydrogens is 234 g/mol. The van der Waals surface area contributed by atoms with Crippen molar-refractivity contribution in [2.75, 3.05) is 0 Å². The van der Waals surface area contributed by atoms with E-state index < -0.39 is 0 Å². The maximum absolute atomic E-state index is 12.3. The Kier molecular flexibility index (Phi) is 5.91. The molecule has 96 valence electrons. The summed E-state index contributed by atoms with van der Waals surface area (Å²) in [5, 5.41) is 0. The van der Waals surface area contributed by atoms with E-state index in [2.05, 4.69) is 9.97 Å². The van der Waals surface area contributed by atoms with Crippen molar-refractivity contribution in [2.24, 2.45) is 0 Å². The molecular formula is C14H16F2N2. The van der Waals surface area contributed by atoms with Gasteiger partial charge in [-0.2, -0.15) is 0 Å². The predicted octanol–water partition coefficient (Wildman–Crippen LogP) is 3.57. The molecule has 0 N–H and O–H groups in total. The van der Waals surface area contributed by atoms with Crippen molar-refractivity contribution in [3.05, 3.63) is 59.7 Å². The van der Waals surface area contributed by atoms with E-state index in [1.54, 1.807) is 6.20 Å². The Balaban J connectivity index is 0.000000180. The quantitative estimate of drug-likeness (QED) is 0.814. The van der Waals surface area contributed by atoms with Crippen molar-refractivity contribution in [3.63, 3.8) is 0 Å². The molecule has 2 aromatic rings. The number of hydrogen-bond donors (Lipinski definition) is 0. The van der Waals surface area contributed by atoms with Crippen LogP contribution in [-0.4, -0.2) is 9.97 Å². The van der Waals surface area contributed by atoms with Crippen LogP contribution in [0.5, 0.6) is 0 Å². The predicted molar refractivity (Wildman–Crippen MR) is 67.1 cm³/mol. The van der Waals surface area contributed by atoms with Gasteiger partial charge in [-0.05, 0) is 36.6 Å². The first kappa shape index (κ1) is 14.2. The van der Waals surface area contributed by atoms with E-state index in [0.29, 0.717) is 0 Å². The lowest BCUT2D eigenvalue weighted by Crippen LogP contribution is -1.85. The first-order valence-electron chi connectivity index (χ1n) is 5.85. The van der Waals surface area contributed by atoms with E-state index in [-0.39, 0.29) is 11.6 Å². The van der Waals surface area contributed by atoms with Crippen LogP contribution in [0.2, 0.25) is 0 Å². The molecule has 0 bridgehead atoms. The fourth-order valence-corrected chi connectivity index (χ4v) is 1.29. The maximum Gasteiger partial charge on any atom is 0.141 e. The molecule has 0 aliphatic rings. The Hall–Kier alpha value is -1.84. The van der Waals surface area contributed by atoms with Gasteiger partial charge in [-0.25, -0.2) is 8.78 Å². The van der Waals surface area contributed by atoms with Crippen molar-refractivity contribution < 1.29 is 8.78 Å². The summed E-state index contributed by atoms with van der Waals surface area (Å²) in [6.45, 7) is 3.91. The number of aromatic nitrogens is 2. The zero-order valence-corrected chi connectivity index (χ0v) is 10.5. The van der Waals surface area contributed by atoms with Gasteiger partial charge in [-0.15, -0.1) is 0 Å². The monoisotopic (exact) mass is 250 g/mol. The molecule has 0 unspecified atom stereocenters.